The molecule has 26 heavy (non-hydrogen) atoms. The molecule has 4 aromatic rings. The molecular formula is C19H13Cl2N3OS. The summed E-state index contributed by atoms with van der Waals surface area (Å²) in [7, 11) is 0. The smallest absolute Gasteiger partial charge is 0.266 e. The Balaban J connectivity index is 1.89. The van der Waals surface area contributed by atoms with E-state index in [9.17, 15) is 4.79 Å². The van der Waals surface area contributed by atoms with E-state index in [0.29, 0.717) is 26.4 Å². The Morgan fingerprint density at radius 1 is 1.15 bits per heavy atom. The first-order chi connectivity index (χ1) is 12.5. The van der Waals surface area contributed by atoms with Gasteiger partial charge in [0.15, 0.2) is 0 Å². The van der Waals surface area contributed by atoms with Crippen molar-refractivity contribution in [3.05, 3.63) is 74.5 Å². The highest BCUT2D eigenvalue weighted by molar-refractivity contribution is 7.12. The number of rotatable bonds is 3. The van der Waals surface area contributed by atoms with Gasteiger partial charge in [-0.3, -0.25) is 9.20 Å². The van der Waals surface area contributed by atoms with Crippen LogP contribution in [0.5, 0.6) is 0 Å². The molecule has 3 aromatic heterocycles. The van der Waals surface area contributed by atoms with Crippen LogP contribution in [0.15, 0.2) is 54.0 Å². The maximum Gasteiger partial charge on any atom is 0.266 e. The van der Waals surface area contributed by atoms with Crippen LogP contribution < -0.4 is 5.32 Å². The maximum atomic E-state index is 12.6. The van der Waals surface area contributed by atoms with Crippen molar-refractivity contribution in [3.63, 3.8) is 0 Å². The van der Waals surface area contributed by atoms with E-state index in [-0.39, 0.29) is 5.91 Å². The van der Waals surface area contributed by atoms with Gasteiger partial charge in [0.25, 0.3) is 5.91 Å². The van der Waals surface area contributed by atoms with Crippen LogP contribution in [0.3, 0.4) is 0 Å². The van der Waals surface area contributed by atoms with Crippen molar-refractivity contribution in [3.8, 4) is 11.3 Å². The summed E-state index contributed by atoms with van der Waals surface area (Å²) in [6.07, 6.45) is 1.88. The van der Waals surface area contributed by atoms with Gasteiger partial charge in [-0.2, -0.15) is 0 Å². The van der Waals surface area contributed by atoms with Crippen LogP contribution >= 0.6 is 34.5 Å². The second kappa shape index (κ2) is 6.76. The minimum Gasteiger partial charge on any atom is -0.305 e. The number of imidazole rings is 1. The molecule has 0 aliphatic rings. The number of amides is 1. The van der Waals surface area contributed by atoms with E-state index in [1.165, 1.54) is 11.3 Å². The van der Waals surface area contributed by atoms with Crippen molar-refractivity contribution in [1.29, 1.82) is 0 Å². The number of benzene rings is 1. The zero-order valence-corrected chi connectivity index (χ0v) is 16.0. The van der Waals surface area contributed by atoms with E-state index in [4.69, 9.17) is 28.2 Å². The summed E-state index contributed by atoms with van der Waals surface area (Å²) in [6.45, 7) is 1.98. The molecule has 0 fully saturated rings. The molecule has 1 amide bonds. The van der Waals surface area contributed by atoms with Crippen LogP contribution in [0.25, 0.3) is 16.9 Å². The van der Waals surface area contributed by atoms with Crippen LogP contribution in [-0.2, 0) is 0 Å². The lowest BCUT2D eigenvalue weighted by Crippen LogP contribution is -2.12. The van der Waals surface area contributed by atoms with E-state index in [0.717, 1.165) is 16.8 Å². The van der Waals surface area contributed by atoms with Crippen LogP contribution in [0.1, 0.15) is 15.2 Å². The van der Waals surface area contributed by atoms with Gasteiger partial charge in [0.05, 0.1) is 14.9 Å². The molecule has 0 bridgehead atoms. The van der Waals surface area contributed by atoms with Gasteiger partial charge in [0.2, 0.25) is 0 Å². The molecule has 0 atom stereocenters. The first kappa shape index (κ1) is 17.1. The van der Waals surface area contributed by atoms with Gasteiger partial charge in [0, 0.05) is 11.8 Å². The molecule has 0 radical (unpaired) electrons. The zero-order chi connectivity index (χ0) is 18.3. The van der Waals surface area contributed by atoms with Crippen LogP contribution in [0.4, 0.5) is 5.82 Å². The summed E-state index contributed by atoms with van der Waals surface area (Å²) in [5.41, 5.74) is 3.20. The fourth-order valence-electron chi connectivity index (χ4n) is 2.75. The summed E-state index contributed by atoms with van der Waals surface area (Å²) in [6, 6.07) is 12.8. The van der Waals surface area contributed by atoms with Crippen molar-refractivity contribution in [2.75, 3.05) is 5.32 Å². The Bertz CT molecular complexity index is 1120. The average molecular weight is 402 g/mol. The van der Waals surface area contributed by atoms with Gasteiger partial charge in [-0.25, -0.2) is 4.98 Å². The highest BCUT2D eigenvalue weighted by Gasteiger charge is 2.19. The number of pyridine rings is 1. The Labute approximate surface area is 164 Å². The first-order valence-electron chi connectivity index (χ1n) is 7.82. The van der Waals surface area contributed by atoms with Gasteiger partial charge < -0.3 is 5.32 Å². The number of carbonyl (C=O) groups excluding carboxylic acids is 1. The summed E-state index contributed by atoms with van der Waals surface area (Å²) in [5, 5.41) is 5.77. The summed E-state index contributed by atoms with van der Waals surface area (Å²) < 4.78 is 1.87. The molecular weight excluding hydrogens is 389 g/mol. The van der Waals surface area contributed by atoms with Gasteiger partial charge in [-0.05, 0) is 42.1 Å². The third kappa shape index (κ3) is 2.98. The number of anilines is 1. The van der Waals surface area contributed by atoms with Crippen molar-refractivity contribution < 1.29 is 4.79 Å². The number of carbonyl (C=O) groups is 1. The molecule has 4 rings (SSSR count). The number of halogens is 2. The van der Waals surface area contributed by atoms with E-state index >= 15 is 0 Å². The molecule has 0 unspecified atom stereocenters. The standard InChI is InChI=1S/C19H13Cl2N3OS/c1-11-4-2-8-24-17(11)22-16(12-6-7-13(20)14(21)10-12)18(24)23-19(25)15-5-3-9-26-15/h2-10H,1H3,(H,23,25). The van der Waals surface area contributed by atoms with E-state index < -0.39 is 0 Å². The van der Waals surface area contributed by atoms with Crippen molar-refractivity contribution in [2.45, 2.75) is 6.92 Å². The SMILES string of the molecule is Cc1cccn2c(NC(=O)c3cccs3)c(-c3ccc(Cl)c(Cl)c3)nc12. The molecule has 0 saturated heterocycles. The number of fused-ring (bicyclic) bond motifs is 1. The predicted octanol–water partition coefficient (Wildman–Crippen LogP) is 5.93. The molecule has 4 nitrogen and oxygen atoms in total. The quantitative estimate of drug-likeness (QED) is 0.462. The van der Waals surface area contributed by atoms with Crippen LogP contribution in [0.2, 0.25) is 10.0 Å². The largest absolute Gasteiger partial charge is 0.305 e. The fraction of sp³-hybridized carbons (Fsp3) is 0.0526. The number of nitrogens with one attached hydrogen (secondary N) is 1. The summed E-state index contributed by atoms with van der Waals surface area (Å²) >= 11 is 13.6. The Morgan fingerprint density at radius 2 is 2.00 bits per heavy atom. The molecule has 0 aliphatic heterocycles. The second-order valence-electron chi connectivity index (χ2n) is 5.75. The molecule has 1 aromatic carbocycles. The number of hydrogen-bond donors (Lipinski definition) is 1. The van der Waals surface area contributed by atoms with Crippen LogP contribution in [0, 0.1) is 6.92 Å². The lowest BCUT2D eigenvalue weighted by Gasteiger charge is -2.08. The lowest BCUT2D eigenvalue weighted by molar-refractivity contribution is 0.103. The third-order valence-corrected chi connectivity index (χ3v) is 5.62. The normalized spacial score (nSPS) is 11.0. The van der Waals surface area contributed by atoms with Crippen molar-refractivity contribution in [1.82, 2.24) is 9.38 Å². The Kier molecular flexibility index (Phi) is 4.44. The number of aromatic nitrogens is 2. The van der Waals surface area contributed by atoms with Gasteiger partial charge in [-0.15, -0.1) is 11.3 Å². The summed E-state index contributed by atoms with van der Waals surface area (Å²) in [5.74, 6) is 0.421. The lowest BCUT2D eigenvalue weighted by atomic mass is 10.1. The average Bonchev–Trinajstić information content (AvgIpc) is 3.27. The Morgan fingerprint density at radius 3 is 2.73 bits per heavy atom. The fourth-order valence-corrected chi connectivity index (χ4v) is 3.66. The highest BCUT2D eigenvalue weighted by Crippen LogP contribution is 2.34. The molecule has 0 saturated carbocycles. The van der Waals surface area contributed by atoms with Gasteiger partial charge in [-0.1, -0.05) is 41.4 Å². The second-order valence-corrected chi connectivity index (χ2v) is 7.52. The number of aryl methyl sites for hydroxylation is 1. The van der Waals surface area contributed by atoms with Crippen molar-refractivity contribution in [2.24, 2.45) is 0 Å². The summed E-state index contributed by atoms with van der Waals surface area (Å²) in [4.78, 5) is 18.0. The van der Waals surface area contributed by atoms with Crippen molar-refractivity contribution >= 4 is 51.9 Å². The van der Waals surface area contributed by atoms with Gasteiger partial charge >= 0.3 is 0 Å². The van der Waals surface area contributed by atoms with Gasteiger partial charge in [0.1, 0.15) is 17.2 Å². The third-order valence-electron chi connectivity index (χ3n) is 4.02. The molecule has 0 aliphatic carbocycles. The monoisotopic (exact) mass is 401 g/mol. The first-order valence-corrected chi connectivity index (χ1v) is 9.46. The number of thiophene rings is 1. The maximum absolute atomic E-state index is 12.6. The minimum atomic E-state index is -0.176. The zero-order valence-electron chi connectivity index (χ0n) is 13.7. The Hall–Kier alpha value is -2.34. The number of hydrogen-bond acceptors (Lipinski definition) is 3. The minimum absolute atomic E-state index is 0.176. The molecule has 130 valence electrons. The van der Waals surface area contributed by atoms with E-state index in [1.807, 2.05) is 47.2 Å². The predicted molar refractivity (Wildman–Crippen MR) is 108 cm³/mol. The highest BCUT2D eigenvalue weighted by atomic mass is 35.5. The van der Waals surface area contributed by atoms with E-state index in [1.54, 1.807) is 18.2 Å². The molecule has 0 spiro atoms. The van der Waals surface area contributed by atoms with Crippen LogP contribution in [-0.4, -0.2) is 15.3 Å². The molecule has 3 heterocycles. The molecule has 1 N–H and O–H groups in total. The topological polar surface area (TPSA) is 46.4 Å². The number of nitrogens with zero attached hydrogens (tertiary/aromatic N) is 2. The van der Waals surface area contributed by atoms with E-state index in [2.05, 4.69) is 5.32 Å². The molecule has 7 heteroatoms.